The van der Waals surface area contributed by atoms with Gasteiger partial charge in [0, 0.05) is 110 Å². The second kappa shape index (κ2) is 32.4. The van der Waals surface area contributed by atoms with Crippen LogP contribution in [0.5, 0.6) is 0 Å². The number of benzene rings is 4. The molecule has 0 atom stereocenters. The van der Waals surface area contributed by atoms with Crippen LogP contribution in [0.15, 0.2) is 158 Å². The zero-order valence-electron chi connectivity index (χ0n) is 70.8. The van der Waals surface area contributed by atoms with Crippen LogP contribution in [-0.4, -0.2) is 0 Å². The molecule has 0 bridgehead atoms. The molecule has 0 amide bonds. The summed E-state index contributed by atoms with van der Waals surface area (Å²) in [5, 5.41) is 0. The van der Waals surface area contributed by atoms with Crippen molar-refractivity contribution < 1.29 is 36.5 Å². The van der Waals surface area contributed by atoms with Gasteiger partial charge in [0.05, 0.1) is 5.56 Å². The molecular formula is C98H124N8+8. The summed E-state index contributed by atoms with van der Waals surface area (Å²) in [6.07, 6.45) is 9.77. The van der Waals surface area contributed by atoms with Crippen LogP contribution < -0.4 is 36.5 Å². The molecule has 8 nitrogen and oxygen atoms in total. The van der Waals surface area contributed by atoms with Gasteiger partial charge in [0.25, 0.3) is 45.6 Å². The average molecular weight is 1410 g/mol. The molecule has 12 rings (SSSR count). The van der Waals surface area contributed by atoms with E-state index in [9.17, 15) is 0 Å². The average Bonchev–Trinajstić information content (AvgIpc) is 0.773. The summed E-state index contributed by atoms with van der Waals surface area (Å²) in [6, 6.07) is 49.8. The van der Waals surface area contributed by atoms with Crippen molar-refractivity contribution in [3.8, 4) is 90.6 Å². The van der Waals surface area contributed by atoms with Crippen molar-refractivity contribution in [3.63, 3.8) is 0 Å². The summed E-state index contributed by atoms with van der Waals surface area (Å²) in [5.41, 5.74) is 49.8. The van der Waals surface area contributed by atoms with Crippen LogP contribution in [-0.2, 0) is 62.8 Å². The van der Waals surface area contributed by atoms with Crippen LogP contribution >= 0.6 is 0 Å². The number of hydrogen-bond donors (Lipinski definition) is 0. The Labute approximate surface area is 638 Å². The highest BCUT2D eigenvalue weighted by Gasteiger charge is 2.34. The predicted molar refractivity (Wildman–Crippen MR) is 441 cm³/mol. The molecule has 0 saturated carbocycles. The smallest absolute Gasteiger partial charge is 0.196 e. The summed E-state index contributed by atoms with van der Waals surface area (Å²) in [6.45, 7) is 53.1. The Hall–Kier alpha value is -9.92. The molecule has 0 fully saturated rings. The summed E-state index contributed by atoms with van der Waals surface area (Å²) in [5.74, 6) is 0. The first-order valence-corrected chi connectivity index (χ1v) is 37.9. The number of pyridine rings is 8. The van der Waals surface area contributed by atoms with Gasteiger partial charge in [-0.3, -0.25) is 0 Å². The molecule has 0 aliphatic rings. The van der Waals surface area contributed by atoms with Gasteiger partial charge >= 0.3 is 0 Å². The van der Waals surface area contributed by atoms with Crippen molar-refractivity contribution in [2.24, 2.45) is 61.8 Å². The lowest BCUT2D eigenvalue weighted by molar-refractivity contribution is -0.685. The Morgan fingerprint density at radius 2 is 0.679 bits per heavy atom. The van der Waals surface area contributed by atoms with E-state index in [4.69, 9.17) is 0 Å². The zero-order valence-corrected chi connectivity index (χ0v) is 70.8. The molecule has 0 unspecified atom stereocenters. The minimum absolute atomic E-state index is 0.231. The van der Waals surface area contributed by atoms with Crippen LogP contribution in [0.25, 0.3) is 90.6 Å². The fraction of sp³-hybridized carbons (Fsp3) is 0.347. The third-order valence-electron chi connectivity index (χ3n) is 22.0. The van der Waals surface area contributed by atoms with E-state index < -0.39 is 0 Å². The second-order valence-electron chi connectivity index (χ2n) is 32.5. The molecule has 8 aromatic heterocycles. The Balaban J connectivity index is 0.000000164. The maximum Gasteiger partial charge on any atom is 0.280 e. The van der Waals surface area contributed by atoms with Crippen molar-refractivity contribution in [2.75, 3.05) is 0 Å². The molecule has 12 aromatic rings. The Morgan fingerprint density at radius 3 is 1.28 bits per heavy atom. The van der Waals surface area contributed by atoms with Crippen LogP contribution in [0.2, 0.25) is 0 Å². The number of aryl methyl sites for hydroxylation is 23. The molecule has 0 N–H and O–H groups in total. The monoisotopic (exact) mass is 1410 g/mol. The second-order valence-corrected chi connectivity index (χ2v) is 32.5. The summed E-state index contributed by atoms with van der Waals surface area (Å²) >= 11 is 0. The van der Waals surface area contributed by atoms with Gasteiger partial charge in [0.1, 0.15) is 56.4 Å². The molecule has 0 saturated heterocycles. The SMILES string of the molecule is Cc1cc(C)c(-c2c(C)cc(C)c(-c3cc(C)c(C)c[n+]3C)[n+]2C)cc1C.Cc1ccc(C)c(-c2c(C)cc(C)c(-c3ccc(C)c[n+]3C)[n+]2C)c1.Cc1ccc(C)c(-c2cc(C)cc(-c3cc(C)cc[n+]3C)[n+]2C)c1.Cc1ccc(C)c(-c2cc(CC(C)(C)C)cc(-c3c(C)c(C)cc[n+]3C)[n+]2C)c1C. The third-order valence-corrected chi connectivity index (χ3v) is 22.0. The maximum absolute atomic E-state index is 2.41. The van der Waals surface area contributed by atoms with Crippen LogP contribution in [0, 0.1) is 151 Å². The molecule has 8 heterocycles. The first kappa shape index (κ1) is 80.2. The molecule has 106 heavy (non-hydrogen) atoms. The minimum atomic E-state index is 0.231. The summed E-state index contributed by atoms with van der Waals surface area (Å²) in [4.78, 5) is 0. The summed E-state index contributed by atoms with van der Waals surface area (Å²) < 4.78 is 18.4. The molecule has 0 aliphatic heterocycles. The van der Waals surface area contributed by atoms with Crippen LogP contribution in [0.3, 0.4) is 0 Å². The van der Waals surface area contributed by atoms with E-state index in [1.165, 1.54) is 213 Å². The molecular weight excluding hydrogens is 1290 g/mol. The standard InChI is InChI=1S/C28H38N2.C25H32N2.C23H28N2.C22H26N2/c1-18-11-12-20(3)26(21(18)4)24-15-23(17-28(6,7)8)16-25(30(24)10)27-22(5)19(2)13-14-29(27)9;1-15-10-18(4)22(12-16(15)2)24-19(5)11-20(6)25(27(24)9)23-13-17(3)21(7)14-26(23)8;1-15-8-10-17(3)20(12-15)22-18(4)13-19(5)23(25(22)7)21-11-9-16(2)14-24(21)6;1-15-7-8-18(4)19(11-15)20-13-17(3)14-22(24(20)6)21-12-16(2)9-10-23(21)5/h11-16H,17H2,1-10H3;10-14H,1-9H3;8-14H,1-7H3;7-14H,1-6H3/q4*+2. The highest BCUT2D eigenvalue weighted by Crippen LogP contribution is 2.35. The zero-order chi connectivity index (χ0) is 78.1. The van der Waals surface area contributed by atoms with Gasteiger partial charge in [-0.15, -0.1) is 0 Å². The van der Waals surface area contributed by atoms with Crippen molar-refractivity contribution in [2.45, 2.75) is 173 Å². The topological polar surface area (TPSA) is 31.0 Å². The molecule has 548 valence electrons. The molecule has 0 spiro atoms. The van der Waals surface area contributed by atoms with Crippen molar-refractivity contribution in [1.82, 2.24) is 0 Å². The number of rotatable bonds is 9. The molecule has 0 aliphatic carbocycles. The highest BCUT2D eigenvalue weighted by atomic mass is 15.0. The van der Waals surface area contributed by atoms with E-state index in [2.05, 4.69) is 417 Å². The van der Waals surface area contributed by atoms with Gasteiger partial charge in [0.2, 0.25) is 22.8 Å². The van der Waals surface area contributed by atoms with E-state index in [-0.39, 0.29) is 5.41 Å². The quantitative estimate of drug-likeness (QED) is 0.129. The van der Waals surface area contributed by atoms with E-state index in [1.807, 2.05) is 0 Å². The fourth-order valence-corrected chi connectivity index (χ4v) is 15.8. The van der Waals surface area contributed by atoms with Gasteiger partial charge in [-0.1, -0.05) is 74.4 Å². The Kier molecular flexibility index (Phi) is 24.5. The van der Waals surface area contributed by atoms with Crippen LogP contribution in [0.4, 0.5) is 0 Å². The minimum Gasteiger partial charge on any atom is -0.196 e. The number of hydrogen-bond acceptors (Lipinski definition) is 0. The largest absolute Gasteiger partial charge is 0.280 e. The normalized spacial score (nSPS) is 11.2. The highest BCUT2D eigenvalue weighted by molar-refractivity contribution is 5.72. The van der Waals surface area contributed by atoms with E-state index in [0.29, 0.717) is 0 Å². The molecule has 4 aromatic carbocycles. The first-order chi connectivity index (χ1) is 49.7. The van der Waals surface area contributed by atoms with Gasteiger partial charge in [0.15, 0.2) is 24.8 Å². The van der Waals surface area contributed by atoms with E-state index in [0.717, 1.165) is 6.42 Å². The molecule has 8 heteroatoms. The third kappa shape index (κ3) is 17.3. The lowest BCUT2D eigenvalue weighted by atomic mass is 9.86. The van der Waals surface area contributed by atoms with Gasteiger partial charge in [-0.25, -0.2) is 0 Å². The number of nitrogens with zero attached hydrogens (tertiary/aromatic N) is 8. The Bertz CT molecular complexity index is 5170. The number of aromatic nitrogens is 8. The van der Waals surface area contributed by atoms with Gasteiger partial charge in [-0.05, 0) is 266 Å². The van der Waals surface area contributed by atoms with Crippen LogP contribution in [0.1, 0.15) is 143 Å². The predicted octanol–water partition coefficient (Wildman–Crippen LogP) is 18.7. The van der Waals surface area contributed by atoms with E-state index in [1.54, 1.807) is 0 Å². The lowest BCUT2D eigenvalue weighted by Gasteiger charge is -2.19. The maximum atomic E-state index is 2.41. The lowest BCUT2D eigenvalue weighted by Crippen LogP contribution is -2.41. The first-order valence-electron chi connectivity index (χ1n) is 37.9. The van der Waals surface area contributed by atoms with Gasteiger partial charge < -0.3 is 0 Å². The summed E-state index contributed by atoms with van der Waals surface area (Å²) in [7, 11) is 17.3. The van der Waals surface area contributed by atoms with E-state index >= 15 is 0 Å². The fourth-order valence-electron chi connectivity index (χ4n) is 15.8. The Morgan fingerprint density at radius 1 is 0.236 bits per heavy atom. The molecule has 0 radical (unpaired) electrons. The van der Waals surface area contributed by atoms with Crippen molar-refractivity contribution in [3.05, 3.63) is 281 Å². The van der Waals surface area contributed by atoms with Crippen molar-refractivity contribution >= 4 is 0 Å². The van der Waals surface area contributed by atoms with Crippen molar-refractivity contribution in [1.29, 1.82) is 0 Å². The van der Waals surface area contributed by atoms with Gasteiger partial charge in [-0.2, -0.15) is 36.5 Å².